The summed E-state index contributed by atoms with van der Waals surface area (Å²) in [5, 5.41) is 14.4. The van der Waals surface area contributed by atoms with Crippen LogP contribution in [-0.2, 0) is 17.8 Å². The molecule has 0 saturated carbocycles. The summed E-state index contributed by atoms with van der Waals surface area (Å²) in [5.41, 5.74) is 2.02. The van der Waals surface area contributed by atoms with Gasteiger partial charge in [-0.3, -0.25) is 4.79 Å². The van der Waals surface area contributed by atoms with Crippen LogP contribution >= 0.6 is 23.1 Å². The van der Waals surface area contributed by atoms with Crippen LogP contribution in [0.3, 0.4) is 0 Å². The van der Waals surface area contributed by atoms with E-state index in [0.717, 1.165) is 18.7 Å². The number of benzene rings is 1. The number of tetrazole rings is 1. The fourth-order valence-electron chi connectivity index (χ4n) is 3.22. The highest BCUT2D eigenvalue weighted by molar-refractivity contribution is 8.00. The second kappa shape index (κ2) is 8.32. The molecule has 1 aliphatic rings. The van der Waals surface area contributed by atoms with Crippen molar-refractivity contribution >= 4 is 29.0 Å². The molecule has 1 atom stereocenters. The topological polar surface area (TPSA) is 73.1 Å². The zero-order valence-electron chi connectivity index (χ0n) is 15.7. The number of aromatic nitrogens is 4. The van der Waals surface area contributed by atoms with Crippen molar-refractivity contribution in [1.82, 2.24) is 25.1 Å². The third-order valence-electron chi connectivity index (χ3n) is 4.58. The number of thiophene rings is 1. The summed E-state index contributed by atoms with van der Waals surface area (Å²) >= 11 is 3.14. The Hall–Kier alpha value is -2.39. The first-order chi connectivity index (χ1) is 13.7. The van der Waals surface area contributed by atoms with Crippen LogP contribution in [0.25, 0.3) is 5.69 Å². The van der Waals surface area contributed by atoms with Crippen LogP contribution in [0, 0.1) is 0 Å². The SMILES string of the molecule is CCOc1ccccc1-n1nnnc1SC(C)C(=O)N1CCc2sccc2C1. The van der Waals surface area contributed by atoms with Crippen molar-refractivity contribution in [1.29, 1.82) is 0 Å². The number of amides is 1. The predicted molar refractivity (Wildman–Crippen MR) is 109 cm³/mol. The first kappa shape index (κ1) is 18.9. The Morgan fingerprint density at radius 1 is 1.36 bits per heavy atom. The van der Waals surface area contributed by atoms with E-state index in [4.69, 9.17) is 4.74 Å². The van der Waals surface area contributed by atoms with E-state index in [2.05, 4.69) is 27.0 Å². The molecule has 0 N–H and O–H groups in total. The van der Waals surface area contributed by atoms with Crippen molar-refractivity contribution in [3.05, 3.63) is 46.2 Å². The molecule has 0 radical (unpaired) electrons. The quantitative estimate of drug-likeness (QED) is 0.576. The van der Waals surface area contributed by atoms with Crippen molar-refractivity contribution in [2.24, 2.45) is 0 Å². The minimum absolute atomic E-state index is 0.106. The largest absolute Gasteiger partial charge is 0.492 e. The fourth-order valence-corrected chi connectivity index (χ4v) is 4.99. The standard InChI is InChI=1S/C19H21N5O2S2/c1-3-26-16-7-5-4-6-15(16)24-19(20-21-22-24)28-13(2)18(25)23-10-8-17-14(12-23)9-11-27-17/h4-7,9,11,13H,3,8,10,12H2,1-2H3. The van der Waals surface area contributed by atoms with Crippen LogP contribution in [0.2, 0.25) is 0 Å². The molecule has 2 aromatic heterocycles. The van der Waals surface area contributed by atoms with E-state index in [0.29, 0.717) is 24.1 Å². The summed E-state index contributed by atoms with van der Waals surface area (Å²) in [4.78, 5) is 16.3. The van der Waals surface area contributed by atoms with Crippen LogP contribution in [0.5, 0.6) is 5.75 Å². The maximum absolute atomic E-state index is 13.0. The highest BCUT2D eigenvalue weighted by Crippen LogP contribution is 2.30. The van der Waals surface area contributed by atoms with E-state index < -0.39 is 0 Å². The number of carbonyl (C=O) groups excluding carboxylic acids is 1. The normalized spacial score (nSPS) is 14.6. The van der Waals surface area contributed by atoms with Crippen molar-refractivity contribution in [2.75, 3.05) is 13.2 Å². The number of ether oxygens (including phenoxy) is 1. The lowest BCUT2D eigenvalue weighted by Gasteiger charge is -2.29. The molecule has 4 rings (SSSR count). The molecule has 3 aromatic rings. The lowest BCUT2D eigenvalue weighted by atomic mass is 10.1. The van der Waals surface area contributed by atoms with Crippen LogP contribution in [0.4, 0.5) is 0 Å². The van der Waals surface area contributed by atoms with Crippen molar-refractivity contribution in [3.63, 3.8) is 0 Å². The molecule has 0 saturated heterocycles. The summed E-state index contributed by atoms with van der Waals surface area (Å²) in [6.45, 7) is 5.83. The number of nitrogens with zero attached hydrogens (tertiary/aromatic N) is 5. The summed E-state index contributed by atoms with van der Waals surface area (Å²) in [7, 11) is 0. The third-order valence-corrected chi connectivity index (χ3v) is 6.63. The average Bonchev–Trinajstić information content (AvgIpc) is 3.36. The number of thioether (sulfide) groups is 1. The Bertz CT molecular complexity index is 971. The fraction of sp³-hybridized carbons (Fsp3) is 0.368. The van der Waals surface area contributed by atoms with Gasteiger partial charge in [0.05, 0.1) is 11.9 Å². The molecular formula is C19H21N5O2S2. The number of carbonyl (C=O) groups is 1. The second-order valence-corrected chi connectivity index (χ2v) is 8.72. The van der Waals surface area contributed by atoms with Gasteiger partial charge in [0.1, 0.15) is 11.4 Å². The van der Waals surface area contributed by atoms with Crippen molar-refractivity contribution < 1.29 is 9.53 Å². The number of hydrogen-bond acceptors (Lipinski definition) is 7. The van der Waals surface area contributed by atoms with E-state index in [1.54, 1.807) is 16.0 Å². The van der Waals surface area contributed by atoms with Gasteiger partial charge in [-0.1, -0.05) is 23.9 Å². The second-order valence-electron chi connectivity index (χ2n) is 6.41. The first-order valence-electron chi connectivity index (χ1n) is 9.18. The van der Waals surface area contributed by atoms with Crippen LogP contribution in [0.1, 0.15) is 24.3 Å². The van der Waals surface area contributed by atoms with E-state index in [9.17, 15) is 4.79 Å². The molecule has 146 valence electrons. The lowest BCUT2D eigenvalue weighted by Crippen LogP contribution is -2.39. The van der Waals surface area contributed by atoms with Crippen LogP contribution in [0.15, 0.2) is 40.9 Å². The average molecular weight is 416 g/mol. The monoisotopic (exact) mass is 415 g/mol. The van der Waals surface area contributed by atoms with Gasteiger partial charge in [-0.2, -0.15) is 4.68 Å². The molecule has 3 heterocycles. The van der Waals surface area contributed by atoms with Gasteiger partial charge in [0, 0.05) is 18.0 Å². The molecule has 0 fully saturated rings. The molecule has 1 aliphatic heterocycles. The molecule has 1 amide bonds. The molecule has 7 nitrogen and oxygen atoms in total. The van der Waals surface area contributed by atoms with Crippen molar-refractivity contribution in [3.8, 4) is 11.4 Å². The zero-order valence-corrected chi connectivity index (χ0v) is 17.4. The van der Waals surface area contributed by atoms with Gasteiger partial charge in [-0.25, -0.2) is 0 Å². The highest BCUT2D eigenvalue weighted by atomic mass is 32.2. The molecule has 28 heavy (non-hydrogen) atoms. The van der Waals surface area contributed by atoms with E-state index in [1.165, 1.54) is 22.2 Å². The summed E-state index contributed by atoms with van der Waals surface area (Å²) in [5.74, 6) is 0.814. The van der Waals surface area contributed by atoms with Gasteiger partial charge in [-0.15, -0.1) is 16.4 Å². The van der Waals surface area contributed by atoms with E-state index >= 15 is 0 Å². The molecule has 1 aromatic carbocycles. The molecule has 1 unspecified atom stereocenters. The molecule has 0 bridgehead atoms. The van der Waals surface area contributed by atoms with Gasteiger partial charge in [0.2, 0.25) is 11.1 Å². The maximum Gasteiger partial charge on any atom is 0.236 e. The number of rotatable bonds is 6. The van der Waals surface area contributed by atoms with Gasteiger partial charge in [-0.05, 0) is 59.8 Å². The summed E-state index contributed by atoms with van der Waals surface area (Å²) < 4.78 is 7.32. The predicted octanol–water partition coefficient (Wildman–Crippen LogP) is 3.19. The Labute approximate surface area is 171 Å². The van der Waals surface area contributed by atoms with E-state index in [-0.39, 0.29) is 11.2 Å². The van der Waals surface area contributed by atoms with Crippen LogP contribution in [-0.4, -0.2) is 49.4 Å². The maximum atomic E-state index is 13.0. The number of fused-ring (bicyclic) bond motifs is 1. The minimum Gasteiger partial charge on any atom is -0.492 e. The Balaban J connectivity index is 1.50. The number of para-hydroxylation sites is 2. The minimum atomic E-state index is -0.288. The smallest absolute Gasteiger partial charge is 0.236 e. The lowest BCUT2D eigenvalue weighted by molar-refractivity contribution is -0.131. The van der Waals surface area contributed by atoms with Crippen LogP contribution < -0.4 is 4.74 Å². The van der Waals surface area contributed by atoms with Gasteiger partial charge in [0.25, 0.3) is 0 Å². The molecule has 9 heteroatoms. The summed E-state index contributed by atoms with van der Waals surface area (Å²) in [6.07, 6.45) is 0.926. The molecular weight excluding hydrogens is 394 g/mol. The van der Waals surface area contributed by atoms with Gasteiger partial charge < -0.3 is 9.64 Å². The highest BCUT2D eigenvalue weighted by Gasteiger charge is 2.27. The number of hydrogen-bond donors (Lipinski definition) is 0. The van der Waals surface area contributed by atoms with Gasteiger partial charge >= 0.3 is 0 Å². The Morgan fingerprint density at radius 2 is 2.21 bits per heavy atom. The van der Waals surface area contributed by atoms with Crippen molar-refractivity contribution in [2.45, 2.75) is 37.2 Å². The Morgan fingerprint density at radius 3 is 3.07 bits per heavy atom. The molecule has 0 spiro atoms. The molecule has 0 aliphatic carbocycles. The zero-order chi connectivity index (χ0) is 19.5. The Kier molecular flexibility index (Phi) is 5.63. The summed E-state index contributed by atoms with van der Waals surface area (Å²) in [6, 6.07) is 9.72. The van der Waals surface area contributed by atoms with E-state index in [1.807, 2.05) is 43.0 Å². The first-order valence-corrected chi connectivity index (χ1v) is 10.9. The third kappa shape index (κ3) is 3.77. The van der Waals surface area contributed by atoms with Gasteiger partial charge in [0.15, 0.2) is 0 Å².